The van der Waals surface area contributed by atoms with Gasteiger partial charge < -0.3 is 10.2 Å². The Balaban J connectivity index is 1.35. The van der Waals surface area contributed by atoms with Crippen molar-refractivity contribution in [3.8, 4) is 0 Å². The number of hydrogen-bond acceptors (Lipinski definition) is 9. The van der Waals surface area contributed by atoms with Crippen LogP contribution in [0.4, 0.5) is 17.5 Å². The van der Waals surface area contributed by atoms with Crippen molar-refractivity contribution in [1.29, 1.82) is 0 Å². The van der Waals surface area contributed by atoms with Crippen LogP contribution in [0.2, 0.25) is 0 Å². The third-order valence-electron chi connectivity index (χ3n) is 7.57. The summed E-state index contributed by atoms with van der Waals surface area (Å²) in [7, 11) is -3.49. The number of aromatic nitrogens is 4. The Morgan fingerprint density at radius 3 is 2.35 bits per heavy atom. The lowest BCUT2D eigenvalue weighted by atomic mass is 10.0. The molecule has 0 bridgehead atoms. The fourth-order valence-electron chi connectivity index (χ4n) is 5.63. The highest BCUT2D eigenvalue weighted by Gasteiger charge is 2.28. The number of aryl methyl sites for hydroxylation is 1. The molecule has 2 N–H and O–H groups in total. The van der Waals surface area contributed by atoms with Crippen molar-refractivity contribution in [2.75, 3.05) is 36.4 Å². The van der Waals surface area contributed by atoms with E-state index in [0.29, 0.717) is 54.5 Å². The van der Waals surface area contributed by atoms with Gasteiger partial charge in [0, 0.05) is 49.8 Å². The van der Waals surface area contributed by atoms with Crippen LogP contribution in [0.25, 0.3) is 11.0 Å². The minimum Gasteiger partial charge on any atom is -0.368 e. The Hall–Kier alpha value is -3.42. The van der Waals surface area contributed by atoms with Crippen LogP contribution in [-0.4, -0.2) is 70.2 Å². The summed E-state index contributed by atoms with van der Waals surface area (Å²) in [4.78, 5) is 41.5. The molecular weight excluding hydrogens is 532 g/mol. The van der Waals surface area contributed by atoms with Crippen molar-refractivity contribution in [2.45, 2.75) is 65.5 Å². The van der Waals surface area contributed by atoms with Crippen LogP contribution in [0.3, 0.4) is 0 Å². The summed E-state index contributed by atoms with van der Waals surface area (Å²) >= 11 is 0. The van der Waals surface area contributed by atoms with Gasteiger partial charge in [-0.2, -0.15) is 22.4 Å². The maximum Gasteiger partial charge on any atom is 0.279 e. The SMILES string of the molecule is CC(=O)c1c(C)c2cnc(Nc3ccc(N4CCN(S(=O)(=O)NC(C)C)CC4)cn3)nc2n(C2CCCC2)c1=O. The molecule has 1 aliphatic carbocycles. The number of fused-ring (bicyclic) bond motifs is 1. The van der Waals surface area contributed by atoms with E-state index in [9.17, 15) is 18.0 Å². The third-order valence-corrected chi connectivity index (χ3v) is 9.38. The number of anilines is 3. The van der Waals surface area contributed by atoms with Crippen LogP contribution in [0.1, 0.15) is 68.4 Å². The minimum absolute atomic E-state index is 0.00506. The molecule has 0 atom stereocenters. The van der Waals surface area contributed by atoms with Crippen molar-refractivity contribution in [2.24, 2.45) is 0 Å². The molecule has 1 saturated carbocycles. The molecule has 0 unspecified atom stereocenters. The quantitative estimate of drug-likeness (QED) is 0.392. The number of hydrogen-bond donors (Lipinski definition) is 2. The first-order valence-corrected chi connectivity index (χ1v) is 15.2. The smallest absolute Gasteiger partial charge is 0.279 e. The van der Waals surface area contributed by atoms with Crippen molar-refractivity contribution < 1.29 is 13.2 Å². The topological polar surface area (TPSA) is 142 Å². The number of nitrogens with zero attached hydrogens (tertiary/aromatic N) is 6. The zero-order valence-electron chi connectivity index (χ0n) is 23.3. The number of pyridine rings is 2. The maximum atomic E-state index is 13.4. The van der Waals surface area contributed by atoms with Gasteiger partial charge >= 0.3 is 0 Å². The molecular formula is C27H36N8O4S. The summed E-state index contributed by atoms with van der Waals surface area (Å²) in [6.45, 7) is 8.69. The van der Waals surface area contributed by atoms with Crippen molar-refractivity contribution in [3.63, 3.8) is 0 Å². The van der Waals surface area contributed by atoms with E-state index >= 15 is 0 Å². The summed E-state index contributed by atoms with van der Waals surface area (Å²) in [6, 6.07) is 3.59. The molecule has 0 radical (unpaired) electrons. The molecule has 1 aliphatic heterocycles. The molecule has 1 saturated heterocycles. The predicted molar refractivity (Wildman–Crippen MR) is 155 cm³/mol. The van der Waals surface area contributed by atoms with Crippen LogP contribution < -0.4 is 20.5 Å². The second-order valence-electron chi connectivity index (χ2n) is 10.8. The molecule has 2 aliphatic rings. The molecule has 0 spiro atoms. The average Bonchev–Trinajstić information content (AvgIpc) is 3.43. The molecule has 3 aromatic heterocycles. The first kappa shape index (κ1) is 28.1. The first-order valence-electron chi connectivity index (χ1n) is 13.7. The van der Waals surface area contributed by atoms with Gasteiger partial charge in [0.15, 0.2) is 5.78 Å². The molecule has 12 nitrogen and oxygen atoms in total. The van der Waals surface area contributed by atoms with Crippen LogP contribution >= 0.6 is 0 Å². The normalized spacial score (nSPS) is 17.2. The predicted octanol–water partition coefficient (Wildman–Crippen LogP) is 2.92. The van der Waals surface area contributed by atoms with E-state index in [0.717, 1.165) is 31.4 Å². The van der Waals surface area contributed by atoms with Gasteiger partial charge in [-0.3, -0.25) is 14.2 Å². The number of nitrogens with one attached hydrogen (secondary N) is 2. The summed E-state index contributed by atoms with van der Waals surface area (Å²) in [5.74, 6) is 0.598. The molecule has 0 aromatic carbocycles. The van der Waals surface area contributed by atoms with Gasteiger partial charge in [0.05, 0.1) is 17.4 Å². The zero-order chi connectivity index (χ0) is 28.6. The largest absolute Gasteiger partial charge is 0.368 e. The van der Waals surface area contributed by atoms with E-state index in [4.69, 9.17) is 4.98 Å². The number of piperazine rings is 1. The highest BCUT2D eigenvalue weighted by atomic mass is 32.2. The molecule has 3 aromatic rings. The molecule has 2 fully saturated rings. The molecule has 5 rings (SSSR count). The lowest BCUT2D eigenvalue weighted by Gasteiger charge is -2.35. The molecule has 13 heteroatoms. The molecule has 0 amide bonds. The minimum atomic E-state index is -3.49. The average molecular weight is 569 g/mol. The summed E-state index contributed by atoms with van der Waals surface area (Å²) in [5.41, 5.74) is 1.93. The number of carbonyl (C=O) groups excluding carboxylic acids is 1. The van der Waals surface area contributed by atoms with E-state index in [1.54, 1.807) is 37.7 Å². The zero-order valence-corrected chi connectivity index (χ0v) is 24.2. The number of carbonyl (C=O) groups is 1. The summed E-state index contributed by atoms with van der Waals surface area (Å²) in [5, 5.41) is 3.83. The summed E-state index contributed by atoms with van der Waals surface area (Å²) < 4.78 is 30.7. The van der Waals surface area contributed by atoms with Gasteiger partial charge in [-0.25, -0.2) is 9.97 Å². The number of ketones is 1. The number of rotatable bonds is 8. The van der Waals surface area contributed by atoms with Gasteiger partial charge in [0.1, 0.15) is 11.5 Å². The van der Waals surface area contributed by atoms with Crippen molar-refractivity contribution >= 4 is 44.5 Å². The van der Waals surface area contributed by atoms with E-state index in [-0.39, 0.29) is 29.0 Å². The Morgan fingerprint density at radius 1 is 1.05 bits per heavy atom. The van der Waals surface area contributed by atoms with E-state index < -0.39 is 10.2 Å². The number of Topliss-reactive ketones (excluding diaryl/α,β-unsaturated/α-hetero) is 1. The van der Waals surface area contributed by atoms with Crippen molar-refractivity contribution in [3.05, 3.63) is 46.0 Å². The lowest BCUT2D eigenvalue weighted by molar-refractivity contribution is 0.101. The van der Waals surface area contributed by atoms with E-state index in [1.807, 2.05) is 12.1 Å². The maximum absolute atomic E-state index is 13.4. The van der Waals surface area contributed by atoms with Gasteiger partial charge in [-0.1, -0.05) is 12.8 Å². The molecule has 4 heterocycles. The van der Waals surface area contributed by atoms with Gasteiger partial charge in [0.25, 0.3) is 15.8 Å². The van der Waals surface area contributed by atoms with Crippen LogP contribution in [-0.2, 0) is 10.2 Å². The Kier molecular flexibility index (Phi) is 7.89. The van der Waals surface area contributed by atoms with Crippen LogP contribution in [0.15, 0.2) is 29.3 Å². The lowest BCUT2D eigenvalue weighted by Crippen LogP contribution is -2.53. The molecule has 214 valence electrons. The van der Waals surface area contributed by atoms with E-state index in [2.05, 4.69) is 24.9 Å². The third kappa shape index (κ3) is 5.58. The van der Waals surface area contributed by atoms with Crippen LogP contribution in [0.5, 0.6) is 0 Å². The fraction of sp³-hybridized carbons (Fsp3) is 0.519. The van der Waals surface area contributed by atoms with Gasteiger partial charge in [-0.05, 0) is 58.2 Å². The Bertz CT molecular complexity index is 1570. The monoisotopic (exact) mass is 568 g/mol. The van der Waals surface area contributed by atoms with E-state index in [1.165, 1.54) is 11.2 Å². The Morgan fingerprint density at radius 2 is 1.75 bits per heavy atom. The summed E-state index contributed by atoms with van der Waals surface area (Å²) in [6.07, 6.45) is 7.21. The highest BCUT2D eigenvalue weighted by molar-refractivity contribution is 7.87. The highest BCUT2D eigenvalue weighted by Crippen LogP contribution is 2.32. The van der Waals surface area contributed by atoms with Crippen LogP contribution in [0, 0.1) is 6.92 Å². The second-order valence-corrected chi connectivity index (χ2v) is 12.5. The van der Waals surface area contributed by atoms with Gasteiger partial charge in [0.2, 0.25) is 5.95 Å². The molecule has 40 heavy (non-hydrogen) atoms. The standard InChI is InChI=1S/C27H36N8O4S/c1-17(2)32-40(38,39)34-13-11-33(12-14-34)21-9-10-23(28-15-21)30-27-29-16-22-18(3)24(19(4)36)26(37)35(25(22)31-27)20-7-5-6-8-20/h9-10,15-17,20,32H,5-8,11-14H2,1-4H3,(H,28,29,30,31). The Labute approximate surface area is 234 Å². The second kappa shape index (κ2) is 11.2. The van der Waals surface area contributed by atoms with Crippen molar-refractivity contribution in [1.82, 2.24) is 28.5 Å². The fourth-order valence-corrected chi connectivity index (χ4v) is 7.02. The first-order chi connectivity index (χ1) is 19.0. The van der Waals surface area contributed by atoms with Gasteiger partial charge in [-0.15, -0.1) is 0 Å².